The Morgan fingerprint density at radius 3 is 2.87 bits per heavy atom. The molecule has 1 aromatic heterocycles. The van der Waals surface area contributed by atoms with Gasteiger partial charge in [0.15, 0.2) is 5.82 Å². The number of hydrogen-bond donors (Lipinski definition) is 1. The van der Waals surface area contributed by atoms with Gasteiger partial charge in [-0.1, -0.05) is 6.92 Å². The lowest BCUT2D eigenvalue weighted by molar-refractivity contribution is 0.0132. The number of rotatable bonds is 3. The quantitative estimate of drug-likeness (QED) is 0.758. The highest BCUT2D eigenvalue weighted by atomic mass is 16.5. The second-order valence-corrected chi connectivity index (χ2v) is 4.38. The van der Waals surface area contributed by atoms with E-state index in [1.165, 1.54) is 0 Å². The molecule has 0 saturated carbocycles. The van der Waals surface area contributed by atoms with Crippen LogP contribution < -0.4 is 5.73 Å². The maximum atomic E-state index is 5.56. The van der Waals surface area contributed by atoms with Crippen LogP contribution >= 0.6 is 0 Å². The molecule has 0 unspecified atom stereocenters. The van der Waals surface area contributed by atoms with E-state index in [1.54, 1.807) is 0 Å². The van der Waals surface area contributed by atoms with Gasteiger partial charge in [-0.3, -0.25) is 0 Å². The van der Waals surface area contributed by atoms with Gasteiger partial charge in [0.05, 0.1) is 13.1 Å². The highest BCUT2D eigenvalue weighted by molar-refractivity contribution is 4.84. The molecule has 1 aliphatic heterocycles. The summed E-state index contributed by atoms with van der Waals surface area (Å²) in [5.41, 5.74) is 5.79. The minimum Gasteiger partial charge on any atom is -0.381 e. The molecule has 0 radical (unpaired) electrons. The second kappa shape index (κ2) is 4.24. The minimum atomic E-state index is 0.234. The van der Waals surface area contributed by atoms with Gasteiger partial charge in [-0.2, -0.15) is 0 Å². The molecule has 1 aliphatic rings. The summed E-state index contributed by atoms with van der Waals surface area (Å²) < 4.78 is 7.17. The van der Waals surface area contributed by atoms with E-state index in [2.05, 4.69) is 22.4 Å². The summed E-state index contributed by atoms with van der Waals surface area (Å²) >= 11 is 0. The number of hydrogen-bond acceptors (Lipinski definition) is 5. The minimum absolute atomic E-state index is 0.234. The van der Waals surface area contributed by atoms with Gasteiger partial charge in [0, 0.05) is 13.2 Å². The molecule has 84 valence electrons. The van der Waals surface area contributed by atoms with E-state index in [0.717, 1.165) is 38.4 Å². The molecule has 0 spiro atoms. The fraction of sp³-hybridized carbons (Fsp3) is 0.889. The first-order valence-electron chi connectivity index (χ1n) is 5.26. The van der Waals surface area contributed by atoms with Crippen LogP contribution in [0.2, 0.25) is 0 Å². The molecule has 2 heterocycles. The van der Waals surface area contributed by atoms with E-state index >= 15 is 0 Å². The molecule has 1 saturated heterocycles. The zero-order chi connectivity index (χ0) is 10.7. The summed E-state index contributed by atoms with van der Waals surface area (Å²) in [4.78, 5) is 0. The topological polar surface area (TPSA) is 78.9 Å². The predicted octanol–water partition coefficient (Wildman–Crippen LogP) is -0.0515. The number of nitrogens with zero attached hydrogens (tertiary/aromatic N) is 4. The monoisotopic (exact) mass is 211 g/mol. The Morgan fingerprint density at radius 1 is 1.47 bits per heavy atom. The van der Waals surface area contributed by atoms with E-state index in [0.29, 0.717) is 6.54 Å². The summed E-state index contributed by atoms with van der Waals surface area (Å²) in [5.74, 6) is 0.753. The Labute approximate surface area is 88.8 Å². The first kappa shape index (κ1) is 10.5. The lowest BCUT2D eigenvalue weighted by atomic mass is 9.82. The molecule has 6 nitrogen and oxygen atoms in total. The third kappa shape index (κ3) is 2.32. The summed E-state index contributed by atoms with van der Waals surface area (Å²) in [6.07, 6.45) is 2.10. The van der Waals surface area contributed by atoms with E-state index in [-0.39, 0.29) is 5.41 Å². The lowest BCUT2D eigenvalue weighted by Gasteiger charge is -2.33. The average molecular weight is 211 g/mol. The van der Waals surface area contributed by atoms with Crippen LogP contribution in [0.4, 0.5) is 0 Å². The van der Waals surface area contributed by atoms with Crippen molar-refractivity contribution in [1.29, 1.82) is 0 Å². The molecule has 2 N–H and O–H groups in total. The third-order valence-corrected chi connectivity index (χ3v) is 3.02. The van der Waals surface area contributed by atoms with E-state index in [1.807, 2.05) is 4.68 Å². The van der Waals surface area contributed by atoms with E-state index in [4.69, 9.17) is 10.5 Å². The van der Waals surface area contributed by atoms with Crippen molar-refractivity contribution in [3.63, 3.8) is 0 Å². The van der Waals surface area contributed by atoms with Crippen LogP contribution in [0.3, 0.4) is 0 Å². The smallest absolute Gasteiger partial charge is 0.164 e. The standard InChI is InChI=1S/C9H17N5O/c1-9(2-4-15-5-3-9)7-14-8(6-10)11-12-13-14/h2-7,10H2,1H3. The fourth-order valence-corrected chi connectivity index (χ4v) is 1.88. The van der Waals surface area contributed by atoms with Crippen LogP contribution in [0, 0.1) is 5.41 Å². The van der Waals surface area contributed by atoms with Gasteiger partial charge in [0.1, 0.15) is 0 Å². The normalized spacial score (nSPS) is 20.4. The van der Waals surface area contributed by atoms with Gasteiger partial charge < -0.3 is 10.5 Å². The molecule has 0 amide bonds. The van der Waals surface area contributed by atoms with Crippen molar-refractivity contribution in [2.45, 2.75) is 32.9 Å². The van der Waals surface area contributed by atoms with E-state index < -0.39 is 0 Å². The predicted molar refractivity (Wildman–Crippen MR) is 53.9 cm³/mol. The Hall–Kier alpha value is -1.01. The van der Waals surface area contributed by atoms with Crippen molar-refractivity contribution >= 4 is 0 Å². The van der Waals surface area contributed by atoms with Crippen molar-refractivity contribution in [2.24, 2.45) is 11.1 Å². The summed E-state index contributed by atoms with van der Waals surface area (Å²) in [6.45, 7) is 5.13. The molecule has 0 bridgehead atoms. The number of tetrazole rings is 1. The molecule has 15 heavy (non-hydrogen) atoms. The Morgan fingerprint density at radius 2 is 2.20 bits per heavy atom. The molecule has 1 aromatic rings. The Balaban J connectivity index is 2.06. The van der Waals surface area contributed by atoms with Crippen molar-refractivity contribution in [3.8, 4) is 0 Å². The molecule has 0 aliphatic carbocycles. The molecule has 6 heteroatoms. The summed E-state index contributed by atoms with van der Waals surface area (Å²) in [6, 6.07) is 0. The van der Waals surface area contributed by atoms with Crippen LogP contribution in [0.5, 0.6) is 0 Å². The average Bonchev–Trinajstić information content (AvgIpc) is 2.65. The molecular formula is C9H17N5O. The number of ether oxygens (including phenoxy) is 1. The van der Waals surface area contributed by atoms with Crippen molar-refractivity contribution < 1.29 is 4.74 Å². The molecule has 2 rings (SSSR count). The summed E-state index contributed by atoms with van der Waals surface area (Å²) in [5, 5.41) is 11.5. The van der Waals surface area contributed by atoms with Gasteiger partial charge >= 0.3 is 0 Å². The second-order valence-electron chi connectivity index (χ2n) is 4.38. The largest absolute Gasteiger partial charge is 0.381 e. The first-order chi connectivity index (χ1) is 7.23. The van der Waals surface area contributed by atoms with Crippen LogP contribution in [-0.4, -0.2) is 33.4 Å². The van der Waals surface area contributed by atoms with Crippen molar-refractivity contribution in [2.75, 3.05) is 13.2 Å². The van der Waals surface area contributed by atoms with Gasteiger partial charge in [-0.05, 0) is 28.7 Å². The maximum Gasteiger partial charge on any atom is 0.164 e. The third-order valence-electron chi connectivity index (χ3n) is 3.02. The summed E-state index contributed by atoms with van der Waals surface area (Å²) in [7, 11) is 0. The highest BCUT2D eigenvalue weighted by Gasteiger charge is 2.29. The zero-order valence-corrected chi connectivity index (χ0v) is 9.02. The van der Waals surface area contributed by atoms with Gasteiger partial charge in [0.25, 0.3) is 0 Å². The maximum absolute atomic E-state index is 5.56. The van der Waals surface area contributed by atoms with Crippen molar-refractivity contribution in [3.05, 3.63) is 5.82 Å². The number of aromatic nitrogens is 4. The van der Waals surface area contributed by atoms with Crippen molar-refractivity contribution in [1.82, 2.24) is 20.2 Å². The molecule has 1 fully saturated rings. The first-order valence-corrected chi connectivity index (χ1v) is 5.26. The van der Waals surface area contributed by atoms with Gasteiger partial charge in [0.2, 0.25) is 0 Å². The van der Waals surface area contributed by atoms with Crippen LogP contribution in [0.15, 0.2) is 0 Å². The molecule has 0 aromatic carbocycles. The van der Waals surface area contributed by atoms with E-state index in [9.17, 15) is 0 Å². The Kier molecular flexibility index (Phi) is 2.97. The SMILES string of the molecule is CC1(Cn2nnnc2CN)CCOCC1. The van der Waals surface area contributed by atoms with Gasteiger partial charge in [-0.15, -0.1) is 5.10 Å². The van der Waals surface area contributed by atoms with Crippen LogP contribution in [0.25, 0.3) is 0 Å². The lowest BCUT2D eigenvalue weighted by Crippen LogP contribution is -2.32. The molecule has 0 atom stereocenters. The van der Waals surface area contributed by atoms with Crippen LogP contribution in [-0.2, 0) is 17.8 Å². The molecular weight excluding hydrogens is 194 g/mol. The highest BCUT2D eigenvalue weighted by Crippen LogP contribution is 2.31. The Bertz CT molecular complexity index is 318. The number of nitrogens with two attached hydrogens (primary N) is 1. The fourth-order valence-electron chi connectivity index (χ4n) is 1.88. The zero-order valence-electron chi connectivity index (χ0n) is 9.02. The van der Waals surface area contributed by atoms with Gasteiger partial charge in [-0.25, -0.2) is 4.68 Å². The van der Waals surface area contributed by atoms with Crippen LogP contribution in [0.1, 0.15) is 25.6 Å².